The van der Waals surface area contributed by atoms with E-state index in [2.05, 4.69) is 10.2 Å². The maximum absolute atomic E-state index is 12.4. The molecule has 0 unspecified atom stereocenters. The van der Waals surface area contributed by atoms with Crippen LogP contribution in [-0.2, 0) is 0 Å². The molecule has 24 heavy (non-hydrogen) atoms. The van der Waals surface area contributed by atoms with Gasteiger partial charge in [0.05, 0.1) is 17.1 Å². The number of halogens is 1. The summed E-state index contributed by atoms with van der Waals surface area (Å²) < 4.78 is 5.60. The van der Waals surface area contributed by atoms with Crippen LogP contribution in [-0.4, -0.2) is 41.2 Å². The summed E-state index contributed by atoms with van der Waals surface area (Å²) in [6.07, 6.45) is 0. The van der Waals surface area contributed by atoms with Crippen LogP contribution < -0.4 is 4.74 Å². The number of thiophene rings is 1. The first-order valence-electron chi connectivity index (χ1n) is 7.36. The smallest absolute Gasteiger partial charge is 0.274 e. The highest BCUT2D eigenvalue weighted by Crippen LogP contribution is 2.23. The standard InChI is InChI=1S/C17H16ClN3O2S/c1-21(7-8-23-13-5-2-4-12(18)10-13)17(22)15-11-14(19-20-15)16-6-3-9-24-16/h2-6,9-11H,7-8H2,1H3,(H,19,20). The number of ether oxygens (including phenoxy) is 1. The Morgan fingerprint density at radius 2 is 2.21 bits per heavy atom. The van der Waals surface area contributed by atoms with E-state index in [0.29, 0.717) is 29.6 Å². The van der Waals surface area contributed by atoms with Crippen LogP contribution in [0.3, 0.4) is 0 Å². The van der Waals surface area contributed by atoms with Crippen LogP contribution in [0.5, 0.6) is 5.75 Å². The number of hydrogen-bond donors (Lipinski definition) is 1. The predicted octanol–water partition coefficient (Wildman–Crippen LogP) is 3.94. The average molecular weight is 362 g/mol. The molecule has 7 heteroatoms. The van der Waals surface area contributed by atoms with Gasteiger partial charge < -0.3 is 9.64 Å². The Balaban J connectivity index is 1.55. The summed E-state index contributed by atoms with van der Waals surface area (Å²) in [4.78, 5) is 15.0. The van der Waals surface area contributed by atoms with Gasteiger partial charge in [0, 0.05) is 12.1 Å². The van der Waals surface area contributed by atoms with E-state index in [1.807, 2.05) is 29.6 Å². The molecule has 0 aliphatic heterocycles. The molecular formula is C17H16ClN3O2S. The third-order valence-corrected chi connectivity index (χ3v) is 4.56. The number of aromatic nitrogens is 2. The van der Waals surface area contributed by atoms with E-state index in [1.165, 1.54) is 0 Å². The molecule has 0 saturated heterocycles. The van der Waals surface area contributed by atoms with E-state index in [9.17, 15) is 4.79 Å². The number of nitrogens with one attached hydrogen (secondary N) is 1. The molecule has 5 nitrogen and oxygen atoms in total. The average Bonchev–Trinajstić information content (AvgIpc) is 3.25. The summed E-state index contributed by atoms with van der Waals surface area (Å²) in [5.74, 6) is 0.534. The van der Waals surface area contributed by atoms with Crippen molar-refractivity contribution in [3.8, 4) is 16.3 Å². The van der Waals surface area contributed by atoms with Crippen LogP contribution in [0.1, 0.15) is 10.5 Å². The molecule has 0 radical (unpaired) electrons. The van der Waals surface area contributed by atoms with E-state index < -0.39 is 0 Å². The molecule has 3 rings (SSSR count). The fourth-order valence-electron chi connectivity index (χ4n) is 2.14. The minimum absolute atomic E-state index is 0.149. The topological polar surface area (TPSA) is 58.2 Å². The first kappa shape index (κ1) is 16.5. The third-order valence-electron chi connectivity index (χ3n) is 3.42. The summed E-state index contributed by atoms with van der Waals surface area (Å²) in [5, 5.41) is 9.61. The Labute approximate surface area is 148 Å². The Hall–Kier alpha value is -2.31. The van der Waals surface area contributed by atoms with Crippen molar-refractivity contribution >= 4 is 28.8 Å². The molecule has 1 amide bonds. The van der Waals surface area contributed by atoms with Gasteiger partial charge in [-0.2, -0.15) is 5.10 Å². The van der Waals surface area contributed by atoms with E-state index in [1.54, 1.807) is 41.5 Å². The van der Waals surface area contributed by atoms with E-state index in [-0.39, 0.29) is 5.91 Å². The van der Waals surface area contributed by atoms with Crippen LogP contribution in [0.15, 0.2) is 47.8 Å². The quantitative estimate of drug-likeness (QED) is 0.723. The van der Waals surface area contributed by atoms with Crippen molar-refractivity contribution in [2.24, 2.45) is 0 Å². The van der Waals surface area contributed by atoms with Gasteiger partial charge in [-0.05, 0) is 35.7 Å². The number of carbonyl (C=O) groups excluding carboxylic acids is 1. The Morgan fingerprint density at radius 1 is 1.33 bits per heavy atom. The summed E-state index contributed by atoms with van der Waals surface area (Å²) in [6.45, 7) is 0.831. The molecule has 0 aliphatic carbocycles. The second-order valence-corrected chi connectivity index (χ2v) is 6.56. The Bertz CT molecular complexity index is 817. The number of benzene rings is 1. The maximum atomic E-state index is 12.4. The van der Waals surface area contributed by atoms with Gasteiger partial charge in [-0.1, -0.05) is 23.7 Å². The van der Waals surface area contributed by atoms with E-state index in [0.717, 1.165) is 10.6 Å². The molecule has 124 valence electrons. The van der Waals surface area contributed by atoms with Gasteiger partial charge in [0.25, 0.3) is 5.91 Å². The predicted molar refractivity (Wildman–Crippen MR) is 95.8 cm³/mol. The number of rotatable bonds is 6. The zero-order valence-electron chi connectivity index (χ0n) is 13.0. The lowest BCUT2D eigenvalue weighted by molar-refractivity contribution is 0.0768. The van der Waals surface area contributed by atoms with Gasteiger partial charge in [0.1, 0.15) is 12.4 Å². The molecule has 2 heterocycles. The molecule has 2 aromatic heterocycles. The third kappa shape index (κ3) is 3.96. The van der Waals surface area contributed by atoms with Crippen molar-refractivity contribution in [3.05, 3.63) is 58.6 Å². The second-order valence-electron chi connectivity index (χ2n) is 5.18. The lowest BCUT2D eigenvalue weighted by atomic mass is 10.3. The van der Waals surface area contributed by atoms with Crippen molar-refractivity contribution in [3.63, 3.8) is 0 Å². The van der Waals surface area contributed by atoms with Crippen molar-refractivity contribution in [1.82, 2.24) is 15.1 Å². The van der Waals surface area contributed by atoms with E-state index in [4.69, 9.17) is 16.3 Å². The van der Waals surface area contributed by atoms with Gasteiger partial charge in [-0.15, -0.1) is 11.3 Å². The normalized spacial score (nSPS) is 10.6. The molecule has 0 spiro atoms. The monoisotopic (exact) mass is 361 g/mol. The largest absolute Gasteiger partial charge is 0.492 e. The molecule has 3 aromatic rings. The van der Waals surface area contributed by atoms with Crippen LogP contribution in [0.4, 0.5) is 0 Å². The molecule has 1 N–H and O–H groups in total. The van der Waals surface area contributed by atoms with Crippen molar-refractivity contribution in [2.75, 3.05) is 20.2 Å². The molecule has 1 aromatic carbocycles. The van der Waals surface area contributed by atoms with E-state index >= 15 is 0 Å². The summed E-state index contributed by atoms with van der Waals surface area (Å²) in [5.41, 5.74) is 1.24. The van der Waals surface area contributed by atoms with Crippen LogP contribution in [0.25, 0.3) is 10.6 Å². The summed E-state index contributed by atoms with van der Waals surface area (Å²) in [7, 11) is 1.73. The number of amides is 1. The molecule has 0 aliphatic rings. The SMILES string of the molecule is CN(CCOc1cccc(Cl)c1)C(=O)c1cc(-c2cccs2)[nH]n1. The minimum Gasteiger partial charge on any atom is -0.492 e. The van der Waals surface area contributed by atoms with Gasteiger partial charge in [-0.3, -0.25) is 9.89 Å². The van der Waals surface area contributed by atoms with Crippen LogP contribution in [0, 0.1) is 0 Å². The lowest BCUT2D eigenvalue weighted by Crippen LogP contribution is -2.31. The fraction of sp³-hybridized carbons (Fsp3) is 0.176. The number of likely N-dealkylation sites (N-methyl/N-ethyl adjacent to an activating group) is 1. The number of nitrogens with zero attached hydrogens (tertiary/aromatic N) is 2. The molecular weight excluding hydrogens is 346 g/mol. The van der Waals surface area contributed by atoms with Crippen molar-refractivity contribution in [2.45, 2.75) is 0 Å². The van der Waals surface area contributed by atoms with Gasteiger partial charge in [0.2, 0.25) is 0 Å². The summed E-state index contributed by atoms with van der Waals surface area (Å²) >= 11 is 7.50. The maximum Gasteiger partial charge on any atom is 0.274 e. The zero-order chi connectivity index (χ0) is 16.9. The summed E-state index contributed by atoms with van der Waals surface area (Å²) in [6, 6.07) is 12.9. The number of aromatic amines is 1. The minimum atomic E-state index is -0.149. The zero-order valence-corrected chi connectivity index (χ0v) is 14.6. The Morgan fingerprint density at radius 3 is 2.96 bits per heavy atom. The molecule has 0 atom stereocenters. The lowest BCUT2D eigenvalue weighted by Gasteiger charge is -2.16. The molecule has 0 fully saturated rings. The first-order valence-corrected chi connectivity index (χ1v) is 8.62. The highest BCUT2D eigenvalue weighted by Gasteiger charge is 2.16. The van der Waals surface area contributed by atoms with Crippen LogP contribution in [0.2, 0.25) is 5.02 Å². The first-order chi connectivity index (χ1) is 11.6. The van der Waals surface area contributed by atoms with Crippen molar-refractivity contribution in [1.29, 1.82) is 0 Å². The Kier molecular flexibility index (Phi) is 5.17. The van der Waals surface area contributed by atoms with Gasteiger partial charge >= 0.3 is 0 Å². The number of H-pyrrole nitrogens is 1. The number of carbonyl (C=O) groups is 1. The van der Waals surface area contributed by atoms with Gasteiger partial charge in [-0.25, -0.2) is 0 Å². The highest BCUT2D eigenvalue weighted by atomic mass is 35.5. The van der Waals surface area contributed by atoms with Gasteiger partial charge in [0.15, 0.2) is 5.69 Å². The van der Waals surface area contributed by atoms with Crippen molar-refractivity contribution < 1.29 is 9.53 Å². The molecule has 0 bridgehead atoms. The fourth-order valence-corrected chi connectivity index (χ4v) is 3.02. The molecule has 0 saturated carbocycles. The number of hydrogen-bond acceptors (Lipinski definition) is 4. The van der Waals surface area contributed by atoms with Crippen LogP contribution >= 0.6 is 22.9 Å². The highest BCUT2D eigenvalue weighted by molar-refractivity contribution is 7.13. The second kappa shape index (κ2) is 7.51.